The highest BCUT2D eigenvalue weighted by atomic mass is 19.1. The van der Waals surface area contributed by atoms with E-state index in [0.717, 1.165) is 49.7 Å². The molecule has 0 bridgehead atoms. The van der Waals surface area contributed by atoms with Crippen molar-refractivity contribution in [2.24, 2.45) is 0 Å². The van der Waals surface area contributed by atoms with Crippen LogP contribution in [-0.4, -0.2) is 52.7 Å². The molecule has 4 rings (SSSR count). The van der Waals surface area contributed by atoms with Crippen LogP contribution in [0.3, 0.4) is 0 Å². The normalized spacial score (nSPS) is 17.9. The summed E-state index contributed by atoms with van der Waals surface area (Å²) >= 11 is 0. The zero-order valence-electron chi connectivity index (χ0n) is 13.3. The number of benzene rings is 1. The molecule has 0 spiro atoms. The van der Waals surface area contributed by atoms with Crippen molar-refractivity contribution in [3.63, 3.8) is 0 Å². The van der Waals surface area contributed by atoms with E-state index in [0.29, 0.717) is 5.82 Å². The largest absolute Gasteiger partial charge is 0.383 e. The van der Waals surface area contributed by atoms with Crippen LogP contribution in [0.15, 0.2) is 42.9 Å². The minimum absolute atomic E-state index is 0.271. The molecule has 1 aromatic heterocycles. The van der Waals surface area contributed by atoms with Crippen LogP contribution in [0, 0.1) is 5.82 Å². The summed E-state index contributed by atoms with van der Waals surface area (Å²) < 4.78 is 13.2. The van der Waals surface area contributed by atoms with Crippen molar-refractivity contribution in [3.8, 4) is 11.1 Å². The number of aromatic nitrogens is 2. The Kier molecular flexibility index (Phi) is 3.78. The molecule has 7 heteroatoms. The van der Waals surface area contributed by atoms with E-state index in [9.17, 15) is 4.39 Å². The van der Waals surface area contributed by atoms with Crippen molar-refractivity contribution >= 4 is 11.6 Å². The maximum absolute atomic E-state index is 13.2. The number of hydrogen-bond donors (Lipinski definition) is 1. The summed E-state index contributed by atoms with van der Waals surface area (Å²) in [4.78, 5) is 10.8. The molecule has 2 aromatic rings. The van der Waals surface area contributed by atoms with Crippen LogP contribution in [0.25, 0.3) is 11.1 Å². The van der Waals surface area contributed by atoms with Crippen LogP contribution in [-0.2, 0) is 0 Å². The molecule has 0 amide bonds. The van der Waals surface area contributed by atoms with E-state index in [1.165, 1.54) is 18.5 Å². The Labute approximate surface area is 140 Å². The molecule has 2 aliphatic rings. The second-order valence-electron chi connectivity index (χ2n) is 5.91. The maximum atomic E-state index is 13.2. The molecule has 0 saturated carbocycles. The molecule has 0 radical (unpaired) electrons. The Bertz CT molecular complexity index is 752. The Morgan fingerprint density at radius 2 is 1.71 bits per heavy atom. The Morgan fingerprint density at radius 3 is 2.33 bits per heavy atom. The van der Waals surface area contributed by atoms with Gasteiger partial charge < -0.3 is 15.6 Å². The topological polar surface area (TPSA) is 61.5 Å². The predicted molar refractivity (Wildman–Crippen MR) is 91.5 cm³/mol. The maximum Gasteiger partial charge on any atom is 0.142 e. The first-order valence-electron chi connectivity index (χ1n) is 8.02. The number of hydrogen-bond acceptors (Lipinski definition) is 6. The Morgan fingerprint density at radius 1 is 1.00 bits per heavy atom. The molecule has 1 fully saturated rings. The molecule has 124 valence electrons. The van der Waals surface area contributed by atoms with E-state index in [2.05, 4.69) is 37.2 Å². The lowest BCUT2D eigenvalue weighted by molar-refractivity contribution is 0.0109. The lowest BCUT2D eigenvalue weighted by Crippen LogP contribution is -2.54. The van der Waals surface area contributed by atoms with Crippen LogP contribution < -0.4 is 10.6 Å². The number of nitrogen functional groups attached to an aromatic ring is 1. The molecule has 0 unspecified atom stereocenters. The third kappa shape index (κ3) is 2.67. The molecule has 0 aliphatic carbocycles. The second kappa shape index (κ2) is 6.09. The predicted octanol–water partition coefficient (Wildman–Crippen LogP) is 1.73. The number of anilines is 2. The van der Waals surface area contributed by atoms with Crippen molar-refractivity contribution in [2.75, 3.05) is 43.4 Å². The fourth-order valence-corrected chi connectivity index (χ4v) is 3.10. The van der Waals surface area contributed by atoms with Gasteiger partial charge in [0.1, 0.15) is 23.8 Å². The van der Waals surface area contributed by atoms with E-state index in [4.69, 9.17) is 5.73 Å². The molecule has 1 saturated heterocycles. The van der Waals surface area contributed by atoms with Gasteiger partial charge in [-0.1, -0.05) is 12.1 Å². The second-order valence-corrected chi connectivity index (χ2v) is 5.91. The van der Waals surface area contributed by atoms with Gasteiger partial charge in [0.2, 0.25) is 0 Å². The molecule has 24 heavy (non-hydrogen) atoms. The van der Waals surface area contributed by atoms with E-state index in [1.807, 2.05) is 0 Å². The van der Waals surface area contributed by atoms with Gasteiger partial charge >= 0.3 is 0 Å². The summed E-state index contributed by atoms with van der Waals surface area (Å²) in [6.45, 7) is 4.56. The van der Waals surface area contributed by atoms with Crippen LogP contribution in [0.4, 0.5) is 16.0 Å². The van der Waals surface area contributed by atoms with E-state index in [1.54, 1.807) is 12.1 Å². The van der Waals surface area contributed by atoms with Crippen LogP contribution in [0.5, 0.6) is 0 Å². The standard InChI is InChI=1S/C17H19FN6/c18-14-4-2-13(3-5-14)15-16(19)20-12-21-17(15)22-8-10-24(11-9-22)23-6-1-7-23/h1-6,12H,7-11H2,(H2,19,20,21). The van der Waals surface area contributed by atoms with Gasteiger partial charge in [0.25, 0.3) is 0 Å². The molecule has 2 aliphatic heterocycles. The van der Waals surface area contributed by atoms with Gasteiger partial charge in [0.15, 0.2) is 0 Å². The lowest BCUT2D eigenvalue weighted by atomic mass is 10.1. The van der Waals surface area contributed by atoms with Gasteiger partial charge in [0.05, 0.1) is 12.1 Å². The highest BCUT2D eigenvalue weighted by Crippen LogP contribution is 2.33. The van der Waals surface area contributed by atoms with Gasteiger partial charge in [0, 0.05) is 32.4 Å². The summed E-state index contributed by atoms with van der Waals surface area (Å²) in [7, 11) is 0. The fraction of sp³-hybridized carbons (Fsp3) is 0.294. The minimum atomic E-state index is -0.271. The highest BCUT2D eigenvalue weighted by Gasteiger charge is 2.25. The molecular weight excluding hydrogens is 307 g/mol. The number of nitrogens with two attached hydrogens (primary N) is 1. The summed E-state index contributed by atoms with van der Waals surface area (Å²) in [6.07, 6.45) is 5.73. The van der Waals surface area contributed by atoms with Gasteiger partial charge in [-0.05, 0) is 23.8 Å². The molecule has 1 aromatic carbocycles. The SMILES string of the molecule is Nc1ncnc(N2CCN(N3C=CC3)CC2)c1-c1ccc(F)cc1. The molecular formula is C17H19FN6. The van der Waals surface area contributed by atoms with Crippen molar-refractivity contribution in [1.82, 2.24) is 20.0 Å². The van der Waals surface area contributed by atoms with Crippen LogP contribution in [0.1, 0.15) is 0 Å². The Hall–Kier alpha value is -2.67. The van der Waals surface area contributed by atoms with Crippen molar-refractivity contribution in [3.05, 3.63) is 48.7 Å². The number of rotatable bonds is 3. The molecule has 3 heterocycles. The van der Waals surface area contributed by atoms with E-state index < -0.39 is 0 Å². The van der Waals surface area contributed by atoms with Crippen molar-refractivity contribution < 1.29 is 4.39 Å². The number of piperazine rings is 1. The van der Waals surface area contributed by atoms with Crippen LogP contribution >= 0.6 is 0 Å². The van der Waals surface area contributed by atoms with E-state index in [-0.39, 0.29) is 5.82 Å². The van der Waals surface area contributed by atoms with Crippen LogP contribution in [0.2, 0.25) is 0 Å². The molecule has 0 atom stereocenters. The summed E-state index contributed by atoms with van der Waals surface area (Å²) in [6, 6.07) is 6.30. The fourth-order valence-electron chi connectivity index (χ4n) is 3.10. The average Bonchev–Trinajstić information content (AvgIpc) is 2.55. The Balaban J connectivity index is 1.60. The van der Waals surface area contributed by atoms with Gasteiger partial charge in [-0.2, -0.15) is 0 Å². The third-order valence-corrected chi connectivity index (χ3v) is 4.48. The monoisotopic (exact) mass is 326 g/mol. The smallest absolute Gasteiger partial charge is 0.142 e. The average molecular weight is 326 g/mol. The van der Waals surface area contributed by atoms with Crippen molar-refractivity contribution in [2.45, 2.75) is 0 Å². The third-order valence-electron chi connectivity index (χ3n) is 4.48. The number of hydrazine groups is 1. The number of halogens is 1. The van der Waals surface area contributed by atoms with E-state index >= 15 is 0 Å². The summed E-state index contributed by atoms with van der Waals surface area (Å²) in [5, 5.41) is 4.56. The lowest BCUT2D eigenvalue weighted by Gasteiger charge is -2.43. The zero-order valence-corrected chi connectivity index (χ0v) is 13.3. The minimum Gasteiger partial charge on any atom is -0.383 e. The van der Waals surface area contributed by atoms with Gasteiger partial charge in [-0.3, -0.25) is 0 Å². The first-order chi connectivity index (χ1) is 11.7. The summed E-state index contributed by atoms with van der Waals surface area (Å²) in [5.74, 6) is 0.958. The first kappa shape index (κ1) is 14.9. The van der Waals surface area contributed by atoms with Crippen molar-refractivity contribution in [1.29, 1.82) is 0 Å². The number of nitrogens with zero attached hydrogens (tertiary/aromatic N) is 5. The highest BCUT2D eigenvalue weighted by molar-refractivity contribution is 5.84. The molecule has 2 N–H and O–H groups in total. The first-order valence-corrected chi connectivity index (χ1v) is 8.02. The van der Waals surface area contributed by atoms with Gasteiger partial charge in [-0.15, -0.1) is 0 Å². The summed E-state index contributed by atoms with van der Waals surface area (Å²) in [5.41, 5.74) is 7.71. The zero-order chi connectivity index (χ0) is 16.5. The van der Waals surface area contributed by atoms with Gasteiger partial charge in [-0.25, -0.2) is 19.4 Å². The molecule has 6 nitrogen and oxygen atoms in total. The quantitative estimate of drug-likeness (QED) is 0.927.